The summed E-state index contributed by atoms with van der Waals surface area (Å²) in [5.41, 5.74) is 0.903. The van der Waals surface area contributed by atoms with E-state index in [-0.39, 0.29) is 17.9 Å². The molecule has 98 valence electrons. The van der Waals surface area contributed by atoms with Gasteiger partial charge in [0.25, 0.3) is 0 Å². The Morgan fingerprint density at radius 3 is 2.94 bits per heavy atom. The standard InChI is InChI=1S/C12H12F3NO2/c13-12(14,15)18-8-1-2-9-10-5-7(3-4-16-10)17-11(9)6-8/h1-2,6-7,10,16H,3-5H2/t7?,10-/m1/s1. The number of rotatable bonds is 1. The van der Waals surface area contributed by atoms with Crippen molar-refractivity contribution in [3.63, 3.8) is 0 Å². The fourth-order valence-corrected chi connectivity index (χ4v) is 2.51. The molecule has 2 aliphatic heterocycles. The van der Waals surface area contributed by atoms with Gasteiger partial charge in [-0.25, -0.2) is 0 Å². The fraction of sp³-hybridized carbons (Fsp3) is 0.500. The fourth-order valence-electron chi connectivity index (χ4n) is 2.51. The van der Waals surface area contributed by atoms with E-state index in [0.717, 1.165) is 24.9 Å². The van der Waals surface area contributed by atoms with Crippen LogP contribution >= 0.6 is 0 Å². The van der Waals surface area contributed by atoms with Gasteiger partial charge in [-0.1, -0.05) is 6.07 Å². The van der Waals surface area contributed by atoms with Crippen molar-refractivity contribution >= 4 is 0 Å². The molecule has 0 aromatic heterocycles. The first-order valence-electron chi connectivity index (χ1n) is 5.81. The molecule has 1 aromatic carbocycles. The van der Waals surface area contributed by atoms with Crippen molar-refractivity contribution in [2.75, 3.05) is 6.54 Å². The van der Waals surface area contributed by atoms with Gasteiger partial charge in [0, 0.05) is 24.1 Å². The second-order valence-corrected chi connectivity index (χ2v) is 4.52. The van der Waals surface area contributed by atoms with E-state index in [0.29, 0.717) is 5.75 Å². The first kappa shape index (κ1) is 11.6. The third-order valence-corrected chi connectivity index (χ3v) is 3.24. The molecule has 18 heavy (non-hydrogen) atoms. The summed E-state index contributed by atoms with van der Waals surface area (Å²) in [6.07, 6.45) is -2.84. The SMILES string of the molecule is FC(F)(F)Oc1ccc2c(c1)OC1CCN[C@@H]2C1. The van der Waals surface area contributed by atoms with Crippen LogP contribution in [0.5, 0.6) is 11.5 Å². The van der Waals surface area contributed by atoms with Crippen molar-refractivity contribution in [3.05, 3.63) is 23.8 Å². The highest BCUT2D eigenvalue weighted by Crippen LogP contribution is 2.40. The van der Waals surface area contributed by atoms with Crippen LogP contribution in [-0.2, 0) is 0 Å². The van der Waals surface area contributed by atoms with Crippen molar-refractivity contribution in [2.45, 2.75) is 31.3 Å². The smallest absolute Gasteiger partial charge is 0.490 e. The average molecular weight is 259 g/mol. The van der Waals surface area contributed by atoms with Crippen molar-refractivity contribution in [1.82, 2.24) is 5.32 Å². The number of benzene rings is 1. The molecule has 2 atom stereocenters. The Balaban J connectivity index is 1.89. The Morgan fingerprint density at radius 2 is 2.17 bits per heavy atom. The molecule has 6 heteroatoms. The van der Waals surface area contributed by atoms with E-state index in [9.17, 15) is 13.2 Å². The van der Waals surface area contributed by atoms with Gasteiger partial charge >= 0.3 is 6.36 Å². The topological polar surface area (TPSA) is 30.5 Å². The summed E-state index contributed by atoms with van der Waals surface area (Å²) in [6.45, 7) is 0.871. The van der Waals surface area contributed by atoms with Crippen molar-refractivity contribution < 1.29 is 22.6 Å². The molecule has 2 bridgehead atoms. The number of fused-ring (bicyclic) bond motifs is 4. The van der Waals surface area contributed by atoms with Gasteiger partial charge < -0.3 is 14.8 Å². The number of hydrogen-bond acceptors (Lipinski definition) is 3. The summed E-state index contributed by atoms with van der Waals surface area (Å²) in [7, 11) is 0. The lowest BCUT2D eigenvalue weighted by Crippen LogP contribution is -2.40. The molecule has 0 spiro atoms. The molecular weight excluding hydrogens is 247 g/mol. The third-order valence-electron chi connectivity index (χ3n) is 3.24. The number of hydrogen-bond donors (Lipinski definition) is 1. The van der Waals surface area contributed by atoms with E-state index in [1.807, 2.05) is 0 Å². The van der Waals surface area contributed by atoms with Crippen molar-refractivity contribution in [3.8, 4) is 11.5 Å². The Morgan fingerprint density at radius 1 is 1.33 bits per heavy atom. The molecule has 2 aliphatic rings. The Labute approximate surface area is 102 Å². The van der Waals surface area contributed by atoms with E-state index < -0.39 is 6.36 Å². The molecular formula is C12H12F3NO2. The quantitative estimate of drug-likeness (QED) is 0.841. The van der Waals surface area contributed by atoms with Crippen LogP contribution in [0.25, 0.3) is 0 Å². The summed E-state index contributed by atoms with van der Waals surface area (Å²) in [6, 6.07) is 4.45. The van der Waals surface area contributed by atoms with E-state index in [4.69, 9.17) is 4.74 Å². The zero-order chi connectivity index (χ0) is 12.8. The minimum atomic E-state index is -4.67. The van der Waals surface area contributed by atoms with Crippen molar-refractivity contribution in [2.24, 2.45) is 0 Å². The van der Waals surface area contributed by atoms with Crippen LogP contribution in [-0.4, -0.2) is 19.0 Å². The first-order chi connectivity index (χ1) is 8.51. The zero-order valence-electron chi connectivity index (χ0n) is 9.46. The molecule has 0 aliphatic carbocycles. The summed E-state index contributed by atoms with van der Waals surface area (Å²) < 4.78 is 45.9. The van der Waals surface area contributed by atoms with E-state index >= 15 is 0 Å². The Hall–Kier alpha value is -1.43. The lowest BCUT2D eigenvalue weighted by atomic mass is 9.92. The van der Waals surface area contributed by atoms with E-state index in [1.54, 1.807) is 6.07 Å². The van der Waals surface area contributed by atoms with Gasteiger partial charge in [0.2, 0.25) is 0 Å². The third kappa shape index (κ3) is 2.25. The first-order valence-corrected chi connectivity index (χ1v) is 5.81. The molecule has 1 N–H and O–H groups in total. The van der Waals surface area contributed by atoms with Gasteiger partial charge in [0.15, 0.2) is 0 Å². The van der Waals surface area contributed by atoms with E-state index in [1.165, 1.54) is 12.1 Å². The summed E-state index contributed by atoms with van der Waals surface area (Å²) >= 11 is 0. The lowest BCUT2D eigenvalue weighted by Gasteiger charge is -2.37. The molecule has 3 nitrogen and oxygen atoms in total. The van der Waals surface area contributed by atoms with Gasteiger partial charge in [0.05, 0.1) is 0 Å². The highest BCUT2D eigenvalue weighted by Gasteiger charge is 2.34. The maximum absolute atomic E-state index is 12.1. The zero-order valence-corrected chi connectivity index (χ0v) is 9.46. The maximum Gasteiger partial charge on any atom is 0.573 e. The second-order valence-electron chi connectivity index (χ2n) is 4.52. The number of nitrogens with one attached hydrogen (secondary N) is 1. The van der Waals surface area contributed by atoms with Crippen LogP contribution in [0.2, 0.25) is 0 Å². The predicted octanol–water partition coefficient (Wildman–Crippen LogP) is 2.77. The predicted molar refractivity (Wildman–Crippen MR) is 57.5 cm³/mol. The molecule has 0 amide bonds. The van der Waals surface area contributed by atoms with Crippen LogP contribution in [0.15, 0.2) is 18.2 Å². The summed E-state index contributed by atoms with van der Waals surface area (Å²) in [4.78, 5) is 0. The van der Waals surface area contributed by atoms with Gasteiger partial charge in [-0.05, 0) is 19.0 Å². The minimum Gasteiger partial charge on any atom is -0.490 e. The van der Waals surface area contributed by atoms with Crippen LogP contribution in [0, 0.1) is 0 Å². The second kappa shape index (κ2) is 4.05. The van der Waals surface area contributed by atoms with Crippen LogP contribution in [0.4, 0.5) is 13.2 Å². The van der Waals surface area contributed by atoms with Crippen molar-refractivity contribution in [1.29, 1.82) is 0 Å². The average Bonchev–Trinajstić information content (AvgIpc) is 2.26. The summed E-state index contributed by atoms with van der Waals surface area (Å²) in [5.74, 6) is 0.256. The van der Waals surface area contributed by atoms with Gasteiger partial charge in [-0.15, -0.1) is 13.2 Å². The van der Waals surface area contributed by atoms with E-state index in [2.05, 4.69) is 10.1 Å². The largest absolute Gasteiger partial charge is 0.573 e. The normalized spacial score (nSPS) is 26.2. The Bertz CT molecular complexity index is 461. The number of alkyl halides is 3. The number of piperidine rings is 1. The molecule has 3 rings (SSSR count). The molecule has 0 radical (unpaired) electrons. The molecule has 0 saturated carbocycles. The van der Waals surface area contributed by atoms with Crippen LogP contribution < -0.4 is 14.8 Å². The lowest BCUT2D eigenvalue weighted by molar-refractivity contribution is -0.274. The molecule has 1 aromatic rings. The number of halogens is 3. The number of ether oxygens (including phenoxy) is 2. The van der Waals surface area contributed by atoms with Gasteiger partial charge in [-0.3, -0.25) is 0 Å². The minimum absolute atomic E-state index is 0.0879. The maximum atomic E-state index is 12.1. The highest BCUT2D eigenvalue weighted by molar-refractivity contribution is 5.44. The molecule has 1 fully saturated rings. The van der Waals surface area contributed by atoms with Gasteiger partial charge in [0.1, 0.15) is 17.6 Å². The molecule has 1 saturated heterocycles. The highest BCUT2D eigenvalue weighted by atomic mass is 19.4. The summed E-state index contributed by atoms with van der Waals surface area (Å²) in [5, 5.41) is 3.33. The molecule has 2 heterocycles. The van der Waals surface area contributed by atoms with Crippen LogP contribution in [0.1, 0.15) is 24.4 Å². The molecule has 1 unspecified atom stereocenters. The van der Waals surface area contributed by atoms with Gasteiger partial charge in [-0.2, -0.15) is 0 Å². The Kier molecular flexibility index (Phi) is 2.62. The monoisotopic (exact) mass is 259 g/mol. The van der Waals surface area contributed by atoms with Crippen LogP contribution in [0.3, 0.4) is 0 Å².